The lowest BCUT2D eigenvalue weighted by molar-refractivity contribution is -0.156. The molecule has 2 bridgehead atoms. The van der Waals surface area contributed by atoms with E-state index in [9.17, 15) is 38.4 Å². The monoisotopic (exact) mass is 1000 g/mol. The predicted molar refractivity (Wildman–Crippen MR) is 266 cm³/mol. The lowest BCUT2D eigenvalue weighted by Gasteiger charge is -2.35. The van der Waals surface area contributed by atoms with E-state index in [1.54, 1.807) is 90.0 Å². The fourth-order valence-electron chi connectivity index (χ4n) is 10.8. The van der Waals surface area contributed by atoms with E-state index in [2.05, 4.69) is 47.4 Å². The Hall–Kier alpha value is -4.46. The lowest BCUT2D eigenvalue weighted by atomic mass is 9.73. The molecule has 0 spiro atoms. The Morgan fingerprint density at radius 1 is 0.676 bits per heavy atom. The van der Waals surface area contributed by atoms with Crippen molar-refractivity contribution in [2.75, 3.05) is 6.54 Å². The molecule has 5 N–H and O–H groups in total. The zero-order valence-electron chi connectivity index (χ0n) is 45.8. The van der Waals surface area contributed by atoms with E-state index in [-0.39, 0.29) is 30.3 Å². The van der Waals surface area contributed by atoms with Gasteiger partial charge in [-0.1, -0.05) is 54.9 Å². The van der Waals surface area contributed by atoms with Crippen molar-refractivity contribution in [1.29, 1.82) is 0 Å². The maximum Gasteiger partial charge on any atom is 0.481 e. The van der Waals surface area contributed by atoms with E-state index in [1.807, 2.05) is 6.92 Å². The molecule has 4 fully saturated rings. The minimum Gasteiger partial charge on any atom is -0.460 e. The summed E-state index contributed by atoms with van der Waals surface area (Å²) in [7, 11) is -0.623. The number of amides is 6. The topological polar surface area (TPSA) is 246 Å². The van der Waals surface area contributed by atoms with Gasteiger partial charge in [0.1, 0.15) is 47.0 Å². The highest BCUT2D eigenvalue weighted by atomic mass is 16.7. The Labute approximate surface area is 422 Å². The van der Waals surface area contributed by atoms with Gasteiger partial charge in [0.25, 0.3) is 0 Å². The van der Waals surface area contributed by atoms with Crippen molar-refractivity contribution in [3.05, 3.63) is 0 Å². The number of carbonyl (C=O) groups is 8. The van der Waals surface area contributed by atoms with E-state index in [4.69, 9.17) is 23.5 Å². The summed E-state index contributed by atoms with van der Waals surface area (Å²) in [5, 5.41) is 13.7. The average Bonchev–Trinajstić information content (AvgIpc) is 3.95. The summed E-state index contributed by atoms with van der Waals surface area (Å²) < 4.78 is 29.6. The van der Waals surface area contributed by atoms with Gasteiger partial charge in [-0.2, -0.15) is 0 Å². The van der Waals surface area contributed by atoms with Gasteiger partial charge < -0.3 is 55.0 Å². The fourth-order valence-corrected chi connectivity index (χ4v) is 10.8. The second-order valence-electron chi connectivity index (χ2n) is 24.5. The fraction of sp³-hybridized carbons (Fsp3) is 0.843. The molecular weight excluding hydrogens is 915 g/mol. The first kappa shape index (κ1) is 59.1. The number of hydrogen-bond donors (Lipinski definition) is 5. The number of hydrogen-bond acceptors (Lipinski definition) is 13. The Morgan fingerprint density at radius 3 is 1.79 bits per heavy atom. The van der Waals surface area contributed by atoms with E-state index >= 15 is 0 Å². The van der Waals surface area contributed by atoms with Gasteiger partial charge in [-0.05, 0) is 137 Å². The second-order valence-corrected chi connectivity index (χ2v) is 24.5. The van der Waals surface area contributed by atoms with Crippen LogP contribution in [0.2, 0.25) is 0 Å². The number of esters is 2. The van der Waals surface area contributed by atoms with Gasteiger partial charge in [-0.25, -0.2) is 4.79 Å². The molecule has 0 aromatic heterocycles. The van der Waals surface area contributed by atoms with Crippen molar-refractivity contribution < 1.29 is 61.9 Å². The minimum atomic E-state index is -1.58. The van der Waals surface area contributed by atoms with Crippen LogP contribution in [0, 0.1) is 29.1 Å². The normalized spacial score (nSPS) is 24.8. The molecule has 3 unspecified atom stereocenters. The molecule has 4 rings (SSSR count). The lowest BCUT2D eigenvalue weighted by Crippen LogP contribution is -2.61. The first-order chi connectivity index (χ1) is 32.6. The quantitative estimate of drug-likeness (QED) is 0.0610. The zero-order valence-corrected chi connectivity index (χ0v) is 45.8. The van der Waals surface area contributed by atoms with Crippen LogP contribution in [0.5, 0.6) is 0 Å². The van der Waals surface area contributed by atoms with Gasteiger partial charge in [-0.15, -0.1) is 0 Å². The molecule has 2 heterocycles. The third-order valence-corrected chi connectivity index (χ3v) is 14.0. The van der Waals surface area contributed by atoms with E-state index in [0.29, 0.717) is 37.6 Å². The molecule has 10 atom stereocenters. The number of rotatable bonds is 20. The van der Waals surface area contributed by atoms with Crippen LogP contribution in [0.1, 0.15) is 175 Å². The molecule has 2 aliphatic heterocycles. The first-order valence-electron chi connectivity index (χ1n) is 25.9. The van der Waals surface area contributed by atoms with Gasteiger partial charge in [0.15, 0.2) is 0 Å². The van der Waals surface area contributed by atoms with E-state index in [0.717, 1.165) is 19.3 Å². The molecule has 20 heteroatoms. The zero-order chi connectivity index (χ0) is 53.8. The largest absolute Gasteiger partial charge is 0.481 e. The van der Waals surface area contributed by atoms with Crippen LogP contribution in [-0.4, -0.2) is 131 Å². The van der Waals surface area contributed by atoms with Gasteiger partial charge in [0.2, 0.25) is 29.5 Å². The molecule has 2 saturated carbocycles. The molecule has 0 aromatic rings. The number of nitrogens with one attached hydrogen (secondary N) is 5. The van der Waals surface area contributed by atoms with Crippen LogP contribution < -0.4 is 26.6 Å². The average molecular weight is 1000 g/mol. The molecule has 2 saturated heterocycles. The maximum atomic E-state index is 14.5. The first-order valence-corrected chi connectivity index (χ1v) is 25.9. The van der Waals surface area contributed by atoms with Crippen LogP contribution in [0.25, 0.3) is 0 Å². The number of fused-ring (bicyclic) bond motifs is 5. The number of likely N-dealkylation sites (tertiary alicyclic amines) is 1. The van der Waals surface area contributed by atoms with E-state index in [1.165, 1.54) is 4.90 Å². The smallest absolute Gasteiger partial charge is 0.460 e. The van der Waals surface area contributed by atoms with Gasteiger partial charge >= 0.3 is 25.2 Å². The number of carbonyl (C=O) groups excluding carboxylic acids is 8. The van der Waals surface area contributed by atoms with Crippen molar-refractivity contribution in [2.24, 2.45) is 29.1 Å². The van der Waals surface area contributed by atoms with Crippen molar-refractivity contribution in [3.63, 3.8) is 0 Å². The molecule has 402 valence electrons. The number of ether oxygens (including phenoxy) is 3. The summed E-state index contributed by atoms with van der Waals surface area (Å²) in [4.78, 5) is 112. The minimum absolute atomic E-state index is 0.0601. The van der Waals surface area contributed by atoms with Crippen LogP contribution in [0.4, 0.5) is 4.79 Å². The molecule has 2 aliphatic carbocycles. The van der Waals surface area contributed by atoms with Crippen LogP contribution in [0.15, 0.2) is 0 Å². The standard InChI is InChI=1S/C51H87BN6O13/c1-18-20-35(52-70-40-30-22-24-34(50(30,15)16)51(40,17)71-52)55-43(63)33-21-19-26-58(33)45(65)39(29(4)5)57-44(64)38(28(2)3)56-41(61)31(23-25-36(59)67-47(6,7)8)53-42(62)32(27-37(60)68-48(9,10)11)54-46(66)69-49(12,13)14/h28-35,38-40H,18-27H2,1-17H3,(H,53,62)(H,54,66)(H,55,63)(H,56,61)(H,57,64)/t30?,31-,32-,33-,34?,35-,38-,39-,40?,51-/m0/s1. The number of nitrogens with zero attached hydrogens (tertiary/aromatic N) is 1. The highest BCUT2D eigenvalue weighted by Crippen LogP contribution is 2.66. The highest BCUT2D eigenvalue weighted by molar-refractivity contribution is 6.48. The van der Waals surface area contributed by atoms with E-state index < -0.39 is 126 Å². The molecular formula is C51H87BN6O13. The molecule has 0 radical (unpaired) electrons. The summed E-state index contributed by atoms with van der Waals surface area (Å²) in [5.74, 6) is -5.49. The van der Waals surface area contributed by atoms with Crippen LogP contribution in [0.3, 0.4) is 0 Å². The molecule has 0 aromatic carbocycles. The van der Waals surface area contributed by atoms with Crippen molar-refractivity contribution in [3.8, 4) is 0 Å². The Balaban J connectivity index is 1.51. The molecule has 4 aliphatic rings. The summed E-state index contributed by atoms with van der Waals surface area (Å²) in [6, 6.07) is -6.21. The van der Waals surface area contributed by atoms with Crippen molar-refractivity contribution in [1.82, 2.24) is 31.5 Å². The van der Waals surface area contributed by atoms with Gasteiger partial charge in [0.05, 0.1) is 24.1 Å². The predicted octanol–water partition coefficient (Wildman–Crippen LogP) is 5.04. The highest BCUT2D eigenvalue weighted by Gasteiger charge is 2.71. The van der Waals surface area contributed by atoms with Crippen molar-refractivity contribution in [2.45, 2.75) is 240 Å². The van der Waals surface area contributed by atoms with Gasteiger partial charge in [0, 0.05) is 13.0 Å². The van der Waals surface area contributed by atoms with Crippen molar-refractivity contribution >= 4 is 54.7 Å². The Bertz CT molecular complexity index is 1930. The Kier molecular flexibility index (Phi) is 19.3. The summed E-state index contributed by atoms with van der Waals surface area (Å²) in [6.07, 6.45) is 2.21. The summed E-state index contributed by atoms with van der Waals surface area (Å²) in [5.41, 5.74) is -3.09. The SMILES string of the molecule is CCC[C@H](NC(=O)[C@@H]1CCCN1C(=O)[C@@H](NC(=O)[C@@H](NC(=O)[C@H](CCC(=O)OC(C)(C)C)NC(=O)[C@H](CC(=O)OC(C)(C)C)NC(=O)OC(C)(C)C)C(C)C)C(C)C)B1OC2C3CCC(C3(C)C)[C@]2(C)O1. The second kappa shape index (κ2) is 23.2. The van der Waals surface area contributed by atoms with Gasteiger partial charge in [-0.3, -0.25) is 33.6 Å². The summed E-state index contributed by atoms with van der Waals surface area (Å²) in [6.45, 7) is 30.8. The Morgan fingerprint density at radius 2 is 1.24 bits per heavy atom. The van der Waals surface area contributed by atoms with Crippen LogP contribution in [-0.2, 0) is 57.1 Å². The summed E-state index contributed by atoms with van der Waals surface area (Å²) >= 11 is 0. The number of alkyl carbamates (subject to hydrolysis) is 1. The molecule has 6 amide bonds. The van der Waals surface area contributed by atoms with Crippen LogP contribution >= 0.6 is 0 Å². The third-order valence-electron chi connectivity index (χ3n) is 14.0. The maximum absolute atomic E-state index is 14.5. The third kappa shape index (κ3) is 15.5. The molecule has 19 nitrogen and oxygen atoms in total. The molecule has 71 heavy (non-hydrogen) atoms.